The zero-order chi connectivity index (χ0) is 24.8. The fraction of sp³-hybridized carbons (Fsp3) is 0.393. The Balaban J connectivity index is 1.37. The second-order valence-electron chi connectivity index (χ2n) is 9.33. The Bertz CT molecular complexity index is 1130. The predicted molar refractivity (Wildman–Crippen MR) is 139 cm³/mol. The standard InChI is InChI=1S/C28H35N5O2/c1-4-16-32(24-14-17-31(18-15-24)28(35)23-8-6-5-7-9-23)20-27(34)29-26-19-22(3)30-33(26)25-12-10-21(2)11-13-25/h5-13,19,24H,4,14-18,20H2,1-3H3,(H,29,34). The van der Waals surface area contributed by atoms with Crippen molar-refractivity contribution in [2.75, 3.05) is 31.5 Å². The van der Waals surface area contributed by atoms with Crippen LogP contribution in [-0.4, -0.2) is 63.6 Å². The first-order valence-electron chi connectivity index (χ1n) is 12.5. The van der Waals surface area contributed by atoms with Gasteiger partial charge in [-0.1, -0.05) is 42.8 Å². The van der Waals surface area contributed by atoms with E-state index in [0.29, 0.717) is 25.5 Å². The first-order chi connectivity index (χ1) is 16.9. The third kappa shape index (κ3) is 6.17. The van der Waals surface area contributed by atoms with Gasteiger partial charge < -0.3 is 10.2 Å². The minimum absolute atomic E-state index is 0.0468. The van der Waals surface area contributed by atoms with Gasteiger partial charge in [-0.15, -0.1) is 0 Å². The molecule has 0 saturated carbocycles. The first-order valence-corrected chi connectivity index (χ1v) is 12.5. The lowest BCUT2D eigenvalue weighted by molar-refractivity contribution is -0.118. The van der Waals surface area contributed by atoms with Gasteiger partial charge in [0, 0.05) is 30.8 Å². The van der Waals surface area contributed by atoms with Crippen LogP contribution in [0.25, 0.3) is 5.69 Å². The van der Waals surface area contributed by atoms with E-state index < -0.39 is 0 Å². The van der Waals surface area contributed by atoms with Gasteiger partial charge in [0.05, 0.1) is 17.9 Å². The molecule has 0 bridgehead atoms. The molecule has 0 atom stereocenters. The molecule has 2 amide bonds. The largest absolute Gasteiger partial charge is 0.339 e. The van der Waals surface area contributed by atoms with Crippen molar-refractivity contribution in [3.63, 3.8) is 0 Å². The number of aryl methyl sites for hydroxylation is 2. The normalized spacial score (nSPS) is 14.3. The molecule has 1 aliphatic heterocycles. The predicted octanol–water partition coefficient (Wildman–Crippen LogP) is 4.44. The van der Waals surface area contributed by atoms with Gasteiger partial charge in [0.25, 0.3) is 5.91 Å². The van der Waals surface area contributed by atoms with Gasteiger partial charge in [-0.2, -0.15) is 5.10 Å². The Labute approximate surface area is 207 Å². The van der Waals surface area contributed by atoms with Gasteiger partial charge >= 0.3 is 0 Å². The zero-order valence-electron chi connectivity index (χ0n) is 20.9. The van der Waals surface area contributed by atoms with Crippen LogP contribution in [0.4, 0.5) is 5.82 Å². The summed E-state index contributed by atoms with van der Waals surface area (Å²) in [5.41, 5.74) is 3.67. The minimum atomic E-state index is -0.0468. The van der Waals surface area contributed by atoms with E-state index in [4.69, 9.17) is 0 Å². The average molecular weight is 474 g/mol. The fourth-order valence-electron chi connectivity index (χ4n) is 4.71. The number of carbonyl (C=O) groups is 2. The molecule has 184 valence electrons. The highest BCUT2D eigenvalue weighted by molar-refractivity contribution is 5.94. The average Bonchev–Trinajstić information content (AvgIpc) is 3.24. The highest BCUT2D eigenvalue weighted by Gasteiger charge is 2.28. The molecule has 4 rings (SSSR count). The number of rotatable bonds is 8. The maximum Gasteiger partial charge on any atom is 0.253 e. The Kier molecular flexibility index (Phi) is 7.98. The summed E-state index contributed by atoms with van der Waals surface area (Å²) in [6.45, 7) is 8.69. The number of likely N-dealkylation sites (tertiary alicyclic amines) is 1. The summed E-state index contributed by atoms with van der Waals surface area (Å²) < 4.78 is 1.78. The summed E-state index contributed by atoms with van der Waals surface area (Å²) >= 11 is 0. The van der Waals surface area contributed by atoms with E-state index in [2.05, 4.69) is 22.2 Å². The van der Waals surface area contributed by atoms with Crippen LogP contribution in [0.1, 0.15) is 47.8 Å². The second kappa shape index (κ2) is 11.3. The number of nitrogens with one attached hydrogen (secondary N) is 1. The lowest BCUT2D eigenvalue weighted by Gasteiger charge is -2.38. The molecule has 1 aromatic heterocycles. The summed E-state index contributed by atoms with van der Waals surface area (Å²) in [6, 6.07) is 19.7. The molecule has 2 heterocycles. The molecule has 2 aromatic carbocycles. The van der Waals surface area contributed by atoms with E-state index in [1.807, 2.05) is 79.4 Å². The monoisotopic (exact) mass is 473 g/mol. The first kappa shape index (κ1) is 24.7. The third-order valence-electron chi connectivity index (χ3n) is 6.52. The minimum Gasteiger partial charge on any atom is -0.339 e. The lowest BCUT2D eigenvalue weighted by Crippen LogP contribution is -2.49. The molecular formula is C28H35N5O2. The number of aromatic nitrogens is 2. The highest BCUT2D eigenvalue weighted by atomic mass is 16.2. The van der Waals surface area contributed by atoms with Crippen molar-refractivity contribution in [1.29, 1.82) is 0 Å². The summed E-state index contributed by atoms with van der Waals surface area (Å²) in [6.07, 6.45) is 2.70. The fourth-order valence-corrected chi connectivity index (χ4v) is 4.71. The van der Waals surface area contributed by atoms with Crippen molar-refractivity contribution in [1.82, 2.24) is 19.6 Å². The van der Waals surface area contributed by atoms with Gasteiger partial charge in [0.15, 0.2) is 0 Å². The summed E-state index contributed by atoms with van der Waals surface area (Å²) in [5, 5.41) is 7.65. The van der Waals surface area contributed by atoms with E-state index in [1.54, 1.807) is 4.68 Å². The number of hydrogen-bond donors (Lipinski definition) is 1. The number of nitrogens with zero attached hydrogens (tertiary/aromatic N) is 4. The molecule has 7 nitrogen and oxygen atoms in total. The van der Waals surface area contributed by atoms with Crippen LogP contribution in [0.2, 0.25) is 0 Å². The lowest BCUT2D eigenvalue weighted by atomic mass is 10.0. The van der Waals surface area contributed by atoms with E-state index in [1.165, 1.54) is 5.56 Å². The van der Waals surface area contributed by atoms with Crippen molar-refractivity contribution in [3.8, 4) is 5.69 Å². The number of anilines is 1. The SMILES string of the molecule is CCCN(CC(=O)Nc1cc(C)nn1-c1ccc(C)cc1)C1CCN(C(=O)c2ccccc2)CC1. The number of amides is 2. The van der Waals surface area contributed by atoms with E-state index >= 15 is 0 Å². The summed E-state index contributed by atoms with van der Waals surface area (Å²) in [7, 11) is 0. The van der Waals surface area contributed by atoms with Crippen LogP contribution in [0.15, 0.2) is 60.7 Å². The van der Waals surface area contributed by atoms with Gasteiger partial charge in [-0.05, 0) is 63.9 Å². The van der Waals surface area contributed by atoms with E-state index in [0.717, 1.165) is 42.8 Å². The van der Waals surface area contributed by atoms with Gasteiger partial charge in [0.2, 0.25) is 5.91 Å². The zero-order valence-corrected chi connectivity index (χ0v) is 20.9. The van der Waals surface area contributed by atoms with Crippen molar-refractivity contribution < 1.29 is 9.59 Å². The van der Waals surface area contributed by atoms with Gasteiger partial charge in [-0.25, -0.2) is 4.68 Å². The third-order valence-corrected chi connectivity index (χ3v) is 6.52. The molecule has 0 unspecified atom stereocenters. The van der Waals surface area contributed by atoms with Crippen LogP contribution in [0, 0.1) is 13.8 Å². The van der Waals surface area contributed by atoms with Crippen LogP contribution in [0.5, 0.6) is 0 Å². The molecule has 0 spiro atoms. The maximum atomic E-state index is 13.1. The van der Waals surface area contributed by atoms with Gasteiger partial charge in [-0.3, -0.25) is 14.5 Å². The van der Waals surface area contributed by atoms with Crippen molar-refractivity contribution >= 4 is 17.6 Å². The van der Waals surface area contributed by atoms with E-state index in [9.17, 15) is 9.59 Å². The van der Waals surface area contributed by atoms with Gasteiger partial charge in [0.1, 0.15) is 5.82 Å². The van der Waals surface area contributed by atoms with Crippen LogP contribution >= 0.6 is 0 Å². The molecule has 1 saturated heterocycles. The Morgan fingerprint density at radius 3 is 2.37 bits per heavy atom. The van der Waals surface area contributed by atoms with Crippen LogP contribution in [0.3, 0.4) is 0 Å². The van der Waals surface area contributed by atoms with Crippen molar-refractivity contribution in [2.45, 2.75) is 46.1 Å². The summed E-state index contributed by atoms with van der Waals surface area (Å²) in [5.74, 6) is 0.717. The molecule has 1 aliphatic rings. The number of carbonyl (C=O) groups excluding carboxylic acids is 2. The van der Waals surface area contributed by atoms with E-state index in [-0.39, 0.29) is 17.9 Å². The highest BCUT2D eigenvalue weighted by Crippen LogP contribution is 2.21. The molecule has 1 fully saturated rings. The second-order valence-corrected chi connectivity index (χ2v) is 9.33. The summed E-state index contributed by atoms with van der Waals surface area (Å²) in [4.78, 5) is 30.1. The van der Waals surface area contributed by atoms with Crippen molar-refractivity contribution in [3.05, 3.63) is 77.5 Å². The Morgan fingerprint density at radius 1 is 1.03 bits per heavy atom. The number of piperidine rings is 1. The molecule has 3 aromatic rings. The molecule has 35 heavy (non-hydrogen) atoms. The van der Waals surface area contributed by atoms with Crippen LogP contribution in [-0.2, 0) is 4.79 Å². The quantitative estimate of drug-likeness (QED) is 0.525. The molecule has 0 aliphatic carbocycles. The smallest absolute Gasteiger partial charge is 0.253 e. The van der Waals surface area contributed by atoms with Crippen molar-refractivity contribution in [2.24, 2.45) is 0 Å². The molecule has 7 heteroatoms. The number of benzene rings is 2. The molecule has 0 radical (unpaired) electrons. The van der Waals surface area contributed by atoms with Crippen LogP contribution < -0.4 is 5.32 Å². The number of hydrogen-bond acceptors (Lipinski definition) is 4. The maximum absolute atomic E-state index is 13.1. The topological polar surface area (TPSA) is 70.5 Å². The Morgan fingerprint density at radius 2 is 1.71 bits per heavy atom. The molecule has 1 N–H and O–H groups in total. The molecular weight excluding hydrogens is 438 g/mol. The Hall–Kier alpha value is -3.45.